The molecule has 2 aromatic rings. The maximum absolute atomic E-state index is 13.1. The van der Waals surface area contributed by atoms with Gasteiger partial charge in [-0.1, -0.05) is 12.1 Å². The molecule has 0 radical (unpaired) electrons. The summed E-state index contributed by atoms with van der Waals surface area (Å²) >= 11 is 0. The zero-order valence-electron chi connectivity index (χ0n) is 14.0. The van der Waals surface area contributed by atoms with E-state index in [4.69, 9.17) is 4.42 Å². The van der Waals surface area contributed by atoms with Crippen LogP contribution in [-0.4, -0.2) is 42.6 Å². The van der Waals surface area contributed by atoms with Crippen LogP contribution in [-0.2, 0) is 0 Å². The summed E-state index contributed by atoms with van der Waals surface area (Å²) < 4.78 is 18.3. The molecule has 24 heavy (non-hydrogen) atoms. The number of piperidine rings is 1. The van der Waals surface area contributed by atoms with Crippen molar-refractivity contribution in [3.8, 4) is 0 Å². The highest BCUT2D eigenvalue weighted by Gasteiger charge is 2.27. The molecule has 1 aromatic carbocycles. The lowest BCUT2D eigenvalue weighted by molar-refractivity contribution is 0.123. The molecule has 0 spiro atoms. The fourth-order valence-corrected chi connectivity index (χ4v) is 4.17. The fourth-order valence-electron chi connectivity index (χ4n) is 4.17. The topological polar surface area (TPSA) is 19.6 Å². The van der Waals surface area contributed by atoms with Crippen molar-refractivity contribution in [2.24, 2.45) is 0 Å². The van der Waals surface area contributed by atoms with Gasteiger partial charge >= 0.3 is 0 Å². The Bertz CT molecular complexity index is 632. The van der Waals surface area contributed by atoms with Crippen LogP contribution in [0.5, 0.6) is 0 Å². The normalized spacial score (nSPS) is 23.8. The number of benzene rings is 1. The van der Waals surface area contributed by atoms with Crippen LogP contribution in [0.3, 0.4) is 0 Å². The molecule has 0 saturated carbocycles. The standard InChI is InChI=1S/C20H25FN2O/c21-20-3-1-16(2-4-20)17-5-9-22(10-6-17)15-23-11-7-18(13-23)19-8-12-24-14-19/h1-4,8,12,14,17-18H,5-7,9-11,13,15H2. The lowest BCUT2D eigenvalue weighted by Gasteiger charge is -2.34. The van der Waals surface area contributed by atoms with Crippen molar-refractivity contribution in [2.75, 3.05) is 32.8 Å². The van der Waals surface area contributed by atoms with Crippen molar-refractivity contribution in [1.29, 1.82) is 0 Å². The molecule has 4 rings (SSSR count). The number of hydrogen-bond acceptors (Lipinski definition) is 3. The maximum Gasteiger partial charge on any atom is 0.123 e. The third kappa shape index (κ3) is 3.55. The van der Waals surface area contributed by atoms with Crippen LogP contribution in [0, 0.1) is 5.82 Å². The van der Waals surface area contributed by atoms with Crippen LogP contribution < -0.4 is 0 Å². The quantitative estimate of drug-likeness (QED) is 0.844. The molecule has 3 nitrogen and oxygen atoms in total. The number of likely N-dealkylation sites (tertiary alicyclic amines) is 2. The van der Waals surface area contributed by atoms with E-state index in [1.807, 2.05) is 18.4 Å². The van der Waals surface area contributed by atoms with E-state index in [-0.39, 0.29) is 5.82 Å². The highest BCUT2D eigenvalue weighted by molar-refractivity contribution is 5.21. The monoisotopic (exact) mass is 328 g/mol. The molecular weight excluding hydrogens is 303 g/mol. The van der Waals surface area contributed by atoms with Gasteiger partial charge in [-0.3, -0.25) is 9.80 Å². The summed E-state index contributed by atoms with van der Waals surface area (Å²) in [7, 11) is 0. The molecule has 0 N–H and O–H groups in total. The van der Waals surface area contributed by atoms with Crippen LogP contribution in [0.1, 0.15) is 42.2 Å². The van der Waals surface area contributed by atoms with Gasteiger partial charge in [0.1, 0.15) is 5.82 Å². The Morgan fingerprint density at radius 3 is 2.29 bits per heavy atom. The zero-order valence-corrected chi connectivity index (χ0v) is 14.0. The molecule has 1 unspecified atom stereocenters. The minimum Gasteiger partial charge on any atom is -0.472 e. The number of furan rings is 1. The van der Waals surface area contributed by atoms with Crippen molar-refractivity contribution in [3.63, 3.8) is 0 Å². The molecule has 1 aromatic heterocycles. The smallest absolute Gasteiger partial charge is 0.123 e. The summed E-state index contributed by atoms with van der Waals surface area (Å²) in [6.45, 7) is 5.65. The lowest BCUT2D eigenvalue weighted by Crippen LogP contribution is -2.41. The van der Waals surface area contributed by atoms with Gasteiger partial charge in [-0.15, -0.1) is 0 Å². The summed E-state index contributed by atoms with van der Waals surface area (Å²) in [5.41, 5.74) is 2.63. The van der Waals surface area contributed by atoms with Gasteiger partial charge < -0.3 is 4.42 Å². The molecular formula is C20H25FN2O. The molecule has 0 bridgehead atoms. The molecule has 1 atom stereocenters. The van der Waals surface area contributed by atoms with E-state index < -0.39 is 0 Å². The second-order valence-electron chi connectivity index (χ2n) is 7.20. The van der Waals surface area contributed by atoms with Gasteiger partial charge in [-0.25, -0.2) is 4.39 Å². The first-order valence-electron chi connectivity index (χ1n) is 9.00. The Morgan fingerprint density at radius 1 is 0.875 bits per heavy atom. The molecule has 4 heteroatoms. The first-order chi connectivity index (χ1) is 11.8. The van der Waals surface area contributed by atoms with Gasteiger partial charge in [0.25, 0.3) is 0 Å². The minimum absolute atomic E-state index is 0.141. The highest BCUT2D eigenvalue weighted by Crippen LogP contribution is 2.30. The van der Waals surface area contributed by atoms with E-state index in [9.17, 15) is 4.39 Å². The molecule has 2 aliphatic rings. The van der Waals surface area contributed by atoms with Crippen molar-refractivity contribution < 1.29 is 8.81 Å². The second-order valence-corrected chi connectivity index (χ2v) is 7.20. The second kappa shape index (κ2) is 7.08. The van der Waals surface area contributed by atoms with E-state index in [2.05, 4.69) is 15.9 Å². The predicted molar refractivity (Wildman–Crippen MR) is 92.5 cm³/mol. The van der Waals surface area contributed by atoms with E-state index >= 15 is 0 Å². The average Bonchev–Trinajstić information content (AvgIpc) is 3.28. The first-order valence-corrected chi connectivity index (χ1v) is 9.00. The van der Waals surface area contributed by atoms with Gasteiger partial charge in [0, 0.05) is 19.0 Å². The molecule has 0 amide bonds. The third-order valence-electron chi connectivity index (χ3n) is 5.62. The van der Waals surface area contributed by atoms with E-state index in [1.165, 1.54) is 36.9 Å². The third-order valence-corrected chi connectivity index (χ3v) is 5.62. The van der Waals surface area contributed by atoms with E-state index in [1.54, 1.807) is 18.4 Å². The number of nitrogens with zero attached hydrogens (tertiary/aromatic N) is 2. The summed E-state index contributed by atoms with van der Waals surface area (Å²) in [6, 6.07) is 9.17. The minimum atomic E-state index is -0.141. The zero-order chi connectivity index (χ0) is 16.4. The number of hydrogen-bond donors (Lipinski definition) is 0. The summed E-state index contributed by atoms with van der Waals surface area (Å²) in [4.78, 5) is 5.13. The molecule has 2 saturated heterocycles. The number of rotatable bonds is 4. The van der Waals surface area contributed by atoms with E-state index in [0.29, 0.717) is 11.8 Å². The van der Waals surface area contributed by atoms with Crippen LogP contribution in [0.15, 0.2) is 47.3 Å². The first kappa shape index (κ1) is 15.9. The van der Waals surface area contributed by atoms with Gasteiger partial charge in [0.2, 0.25) is 0 Å². The average molecular weight is 328 g/mol. The molecule has 0 aliphatic carbocycles. The van der Waals surface area contributed by atoms with Crippen molar-refractivity contribution >= 4 is 0 Å². The van der Waals surface area contributed by atoms with Gasteiger partial charge in [-0.05, 0) is 67.6 Å². The number of halogens is 1. The molecule has 2 fully saturated rings. The van der Waals surface area contributed by atoms with Crippen molar-refractivity contribution in [3.05, 3.63) is 59.8 Å². The fraction of sp³-hybridized carbons (Fsp3) is 0.500. The van der Waals surface area contributed by atoms with Crippen LogP contribution in [0.25, 0.3) is 0 Å². The highest BCUT2D eigenvalue weighted by atomic mass is 19.1. The maximum atomic E-state index is 13.1. The Hall–Kier alpha value is -1.65. The van der Waals surface area contributed by atoms with Gasteiger partial charge in [0.15, 0.2) is 0 Å². The molecule has 2 aliphatic heterocycles. The summed E-state index contributed by atoms with van der Waals surface area (Å²) in [5, 5.41) is 0. The van der Waals surface area contributed by atoms with Crippen molar-refractivity contribution in [2.45, 2.75) is 31.1 Å². The SMILES string of the molecule is Fc1ccc(C2CCN(CN3CCC(c4ccoc4)C3)CC2)cc1. The lowest BCUT2D eigenvalue weighted by atomic mass is 9.89. The van der Waals surface area contributed by atoms with Crippen LogP contribution in [0.4, 0.5) is 4.39 Å². The van der Waals surface area contributed by atoms with E-state index in [0.717, 1.165) is 26.3 Å². The van der Waals surface area contributed by atoms with Gasteiger partial charge in [-0.2, -0.15) is 0 Å². The summed E-state index contributed by atoms with van der Waals surface area (Å²) in [6.07, 6.45) is 7.24. The Balaban J connectivity index is 1.26. The van der Waals surface area contributed by atoms with Crippen LogP contribution >= 0.6 is 0 Å². The predicted octanol–water partition coefficient (Wildman–Crippen LogP) is 4.05. The Morgan fingerprint density at radius 2 is 1.58 bits per heavy atom. The largest absolute Gasteiger partial charge is 0.472 e. The van der Waals surface area contributed by atoms with Gasteiger partial charge in [0.05, 0.1) is 19.2 Å². The Labute approximate surface area is 143 Å². The molecule has 3 heterocycles. The van der Waals surface area contributed by atoms with Crippen molar-refractivity contribution in [1.82, 2.24) is 9.80 Å². The Kier molecular flexibility index (Phi) is 4.67. The summed E-state index contributed by atoms with van der Waals surface area (Å²) in [5.74, 6) is 1.07. The van der Waals surface area contributed by atoms with Crippen LogP contribution in [0.2, 0.25) is 0 Å². The molecule has 128 valence electrons.